The summed E-state index contributed by atoms with van der Waals surface area (Å²) in [5.74, 6) is -0.732. The summed E-state index contributed by atoms with van der Waals surface area (Å²) in [6.45, 7) is 2.63. The molecule has 0 fully saturated rings. The summed E-state index contributed by atoms with van der Waals surface area (Å²) in [4.78, 5) is 21.2. The molecule has 0 aromatic carbocycles. The number of carbonyl (C=O) groups is 2. The summed E-state index contributed by atoms with van der Waals surface area (Å²) in [5.41, 5.74) is 4.98. The van der Waals surface area contributed by atoms with Crippen molar-refractivity contribution < 1.29 is 19.4 Å². The van der Waals surface area contributed by atoms with Gasteiger partial charge in [0.15, 0.2) is 5.16 Å². The maximum Gasteiger partial charge on any atom is 0.313 e. The van der Waals surface area contributed by atoms with E-state index >= 15 is 0 Å². The molecule has 20 heavy (non-hydrogen) atoms. The van der Waals surface area contributed by atoms with E-state index in [-0.39, 0.29) is 12.4 Å². The maximum absolute atomic E-state index is 10.6. The molecule has 1 amide bonds. The summed E-state index contributed by atoms with van der Waals surface area (Å²) in [7, 11) is 0. The zero-order valence-corrected chi connectivity index (χ0v) is 12.1. The average Bonchev–Trinajstić information content (AvgIpc) is 2.75. The Balaban J connectivity index is 2.64. The Morgan fingerprint density at radius 1 is 1.45 bits per heavy atom. The number of rotatable bonds is 10. The van der Waals surface area contributed by atoms with Crippen LogP contribution in [0.15, 0.2) is 5.16 Å². The fourth-order valence-electron chi connectivity index (χ4n) is 1.51. The fraction of sp³-hybridized carbons (Fsp3) is 0.636. The summed E-state index contributed by atoms with van der Waals surface area (Å²) < 4.78 is 6.92. The second-order valence-electron chi connectivity index (χ2n) is 4.00. The van der Waals surface area contributed by atoms with Crippen molar-refractivity contribution in [2.75, 3.05) is 19.0 Å². The number of nitrogens with zero attached hydrogens (tertiary/aromatic N) is 3. The first kappa shape index (κ1) is 16.4. The molecule has 0 spiro atoms. The molecule has 0 aliphatic heterocycles. The SMILES string of the molecule is CCCc1nnc(SCC(=O)O)n1CCOCC(N)=O. The van der Waals surface area contributed by atoms with Crippen molar-refractivity contribution in [1.29, 1.82) is 0 Å². The van der Waals surface area contributed by atoms with Crippen molar-refractivity contribution in [3.63, 3.8) is 0 Å². The molecule has 1 heterocycles. The lowest BCUT2D eigenvalue weighted by Gasteiger charge is -2.09. The number of carboxylic acids is 1. The number of hydrogen-bond acceptors (Lipinski definition) is 6. The highest BCUT2D eigenvalue weighted by Gasteiger charge is 2.13. The van der Waals surface area contributed by atoms with Crippen molar-refractivity contribution in [3.05, 3.63) is 5.82 Å². The zero-order valence-electron chi connectivity index (χ0n) is 11.2. The number of aromatic nitrogens is 3. The number of ether oxygens (including phenoxy) is 1. The Hall–Kier alpha value is -1.61. The van der Waals surface area contributed by atoms with E-state index in [1.165, 1.54) is 0 Å². The molecule has 0 saturated heterocycles. The molecular formula is C11H18N4O4S. The molecule has 3 N–H and O–H groups in total. The molecule has 112 valence electrons. The van der Waals surface area contributed by atoms with E-state index in [1.807, 2.05) is 11.5 Å². The van der Waals surface area contributed by atoms with Crippen LogP contribution in [0.2, 0.25) is 0 Å². The van der Waals surface area contributed by atoms with Crippen LogP contribution in [0.5, 0.6) is 0 Å². The number of thioether (sulfide) groups is 1. The Kier molecular flexibility index (Phi) is 7.02. The van der Waals surface area contributed by atoms with Crippen LogP contribution >= 0.6 is 11.8 Å². The van der Waals surface area contributed by atoms with Crippen molar-refractivity contribution in [3.8, 4) is 0 Å². The van der Waals surface area contributed by atoms with Crippen molar-refractivity contribution in [1.82, 2.24) is 14.8 Å². The quantitative estimate of drug-likeness (QED) is 0.457. The van der Waals surface area contributed by atoms with E-state index in [1.54, 1.807) is 0 Å². The maximum atomic E-state index is 10.6. The van der Waals surface area contributed by atoms with Crippen LogP contribution in [-0.4, -0.2) is 50.7 Å². The van der Waals surface area contributed by atoms with Crippen LogP contribution < -0.4 is 5.73 Å². The molecule has 0 unspecified atom stereocenters. The number of amides is 1. The van der Waals surface area contributed by atoms with Gasteiger partial charge in [0.2, 0.25) is 5.91 Å². The Morgan fingerprint density at radius 3 is 2.80 bits per heavy atom. The van der Waals surface area contributed by atoms with E-state index in [9.17, 15) is 9.59 Å². The third kappa shape index (κ3) is 5.57. The van der Waals surface area contributed by atoms with Crippen LogP contribution in [0.4, 0.5) is 0 Å². The smallest absolute Gasteiger partial charge is 0.313 e. The minimum atomic E-state index is -0.911. The van der Waals surface area contributed by atoms with Gasteiger partial charge < -0.3 is 20.1 Å². The van der Waals surface area contributed by atoms with Gasteiger partial charge in [0.1, 0.15) is 12.4 Å². The first-order chi connectivity index (χ1) is 9.54. The molecule has 1 aromatic rings. The highest BCUT2D eigenvalue weighted by molar-refractivity contribution is 7.99. The van der Waals surface area contributed by atoms with Crippen molar-refractivity contribution in [2.24, 2.45) is 5.73 Å². The van der Waals surface area contributed by atoms with E-state index in [0.29, 0.717) is 18.3 Å². The van der Waals surface area contributed by atoms with Crippen LogP contribution in [0.25, 0.3) is 0 Å². The highest BCUT2D eigenvalue weighted by Crippen LogP contribution is 2.17. The lowest BCUT2D eigenvalue weighted by atomic mass is 10.3. The van der Waals surface area contributed by atoms with E-state index in [2.05, 4.69) is 10.2 Å². The summed E-state index contributed by atoms with van der Waals surface area (Å²) >= 11 is 1.11. The van der Waals surface area contributed by atoms with Gasteiger partial charge in [-0.25, -0.2) is 0 Å². The van der Waals surface area contributed by atoms with Crippen molar-refractivity contribution >= 4 is 23.6 Å². The lowest BCUT2D eigenvalue weighted by molar-refractivity contribution is -0.134. The second kappa shape index (κ2) is 8.54. The van der Waals surface area contributed by atoms with Gasteiger partial charge in [0.05, 0.1) is 12.4 Å². The molecule has 0 saturated carbocycles. The molecular weight excluding hydrogens is 284 g/mol. The Bertz CT molecular complexity index is 463. The predicted octanol–water partition coefficient (Wildman–Crippen LogP) is -0.0908. The second-order valence-corrected chi connectivity index (χ2v) is 4.94. The Labute approximate surface area is 120 Å². The Morgan fingerprint density at radius 2 is 2.20 bits per heavy atom. The molecule has 0 atom stereocenters. The monoisotopic (exact) mass is 302 g/mol. The first-order valence-electron chi connectivity index (χ1n) is 6.17. The third-order valence-corrected chi connectivity index (χ3v) is 3.25. The highest BCUT2D eigenvalue weighted by atomic mass is 32.2. The summed E-state index contributed by atoms with van der Waals surface area (Å²) in [6.07, 6.45) is 1.65. The van der Waals surface area contributed by atoms with Gasteiger partial charge in [0, 0.05) is 13.0 Å². The van der Waals surface area contributed by atoms with Crippen LogP contribution in [0.3, 0.4) is 0 Å². The van der Waals surface area contributed by atoms with Gasteiger partial charge >= 0.3 is 5.97 Å². The molecule has 1 rings (SSSR count). The number of aliphatic carboxylic acids is 1. The predicted molar refractivity (Wildman–Crippen MR) is 72.4 cm³/mol. The van der Waals surface area contributed by atoms with Crippen LogP contribution in [-0.2, 0) is 27.3 Å². The van der Waals surface area contributed by atoms with E-state index < -0.39 is 11.9 Å². The van der Waals surface area contributed by atoms with Gasteiger partial charge in [-0.3, -0.25) is 9.59 Å². The summed E-state index contributed by atoms with van der Waals surface area (Å²) in [5, 5.41) is 17.3. The van der Waals surface area contributed by atoms with Gasteiger partial charge in [0.25, 0.3) is 0 Å². The molecule has 0 aliphatic carbocycles. The van der Waals surface area contributed by atoms with E-state index in [0.717, 1.165) is 30.4 Å². The number of primary amides is 1. The molecule has 9 heteroatoms. The number of hydrogen-bond donors (Lipinski definition) is 2. The van der Waals surface area contributed by atoms with E-state index in [4.69, 9.17) is 15.6 Å². The normalized spacial score (nSPS) is 10.7. The number of nitrogens with two attached hydrogens (primary N) is 1. The van der Waals surface area contributed by atoms with Gasteiger partial charge in [-0.1, -0.05) is 18.7 Å². The number of carbonyl (C=O) groups excluding carboxylic acids is 1. The third-order valence-electron chi connectivity index (χ3n) is 2.30. The molecule has 1 aromatic heterocycles. The van der Waals surface area contributed by atoms with Crippen LogP contribution in [0.1, 0.15) is 19.2 Å². The average molecular weight is 302 g/mol. The lowest BCUT2D eigenvalue weighted by Crippen LogP contribution is -2.20. The molecule has 8 nitrogen and oxygen atoms in total. The first-order valence-corrected chi connectivity index (χ1v) is 7.15. The van der Waals surface area contributed by atoms with Gasteiger partial charge in [-0.2, -0.15) is 0 Å². The zero-order chi connectivity index (χ0) is 15.0. The standard InChI is InChI=1S/C11H18N4O4S/c1-2-3-9-13-14-11(20-7-10(17)18)15(9)4-5-19-6-8(12)16/h2-7H2,1H3,(H2,12,16)(H,17,18). The number of carboxylic acid groups (broad SMARTS) is 1. The minimum Gasteiger partial charge on any atom is -0.481 e. The largest absolute Gasteiger partial charge is 0.481 e. The topological polar surface area (TPSA) is 120 Å². The molecule has 0 radical (unpaired) electrons. The van der Waals surface area contributed by atoms with Crippen molar-refractivity contribution in [2.45, 2.75) is 31.5 Å². The summed E-state index contributed by atoms with van der Waals surface area (Å²) in [6, 6.07) is 0. The van der Waals surface area contributed by atoms with Crippen LogP contribution in [0, 0.1) is 0 Å². The number of aryl methyl sites for hydroxylation is 1. The minimum absolute atomic E-state index is 0.0770. The molecule has 0 aliphatic rings. The molecule has 0 bridgehead atoms. The fourth-order valence-corrected chi connectivity index (χ4v) is 2.22. The van der Waals surface area contributed by atoms with Gasteiger partial charge in [-0.05, 0) is 6.42 Å². The van der Waals surface area contributed by atoms with Gasteiger partial charge in [-0.15, -0.1) is 10.2 Å².